The number of aliphatic carboxylic acids is 1. The summed E-state index contributed by atoms with van der Waals surface area (Å²) < 4.78 is 5.36. The average molecular weight is 351 g/mol. The topological polar surface area (TPSA) is 90.0 Å². The summed E-state index contributed by atoms with van der Waals surface area (Å²) in [6.45, 7) is 11.4. The Balaban J connectivity index is 1.94. The first-order chi connectivity index (χ1) is 11.6. The van der Waals surface area contributed by atoms with Crippen molar-refractivity contribution in [3.63, 3.8) is 0 Å². The van der Waals surface area contributed by atoms with Crippen LogP contribution in [-0.2, 0) is 19.1 Å². The number of carboxylic acid groups (broad SMARTS) is 1. The Bertz CT molecular complexity index is 546. The summed E-state index contributed by atoms with van der Waals surface area (Å²) in [5.74, 6) is -3.22. The molecule has 0 saturated carbocycles. The van der Waals surface area contributed by atoms with Crippen LogP contribution in [0.3, 0.4) is 0 Å². The van der Waals surface area contributed by atoms with Crippen molar-refractivity contribution in [3.05, 3.63) is 12.7 Å². The molecular weight excluding hydrogens is 324 g/mol. The fraction of sp³-hybridized carbons (Fsp3) is 0.722. The molecule has 2 aliphatic rings. The van der Waals surface area contributed by atoms with Crippen molar-refractivity contribution in [3.8, 4) is 0 Å². The molecule has 2 fully saturated rings. The van der Waals surface area contributed by atoms with Crippen LogP contribution in [-0.4, -0.2) is 66.5 Å². The molecule has 25 heavy (non-hydrogen) atoms. The van der Waals surface area contributed by atoms with Crippen molar-refractivity contribution in [2.24, 2.45) is 17.3 Å². The number of amides is 2. The van der Waals surface area contributed by atoms with Gasteiger partial charge in [0.25, 0.3) is 0 Å². The van der Waals surface area contributed by atoms with E-state index in [2.05, 4.69) is 6.58 Å². The van der Waals surface area contributed by atoms with Crippen molar-refractivity contribution in [1.29, 1.82) is 0 Å². The van der Waals surface area contributed by atoms with Crippen molar-refractivity contribution >= 4 is 17.8 Å². The van der Waals surface area contributed by atoms with Crippen LogP contribution in [0.15, 0.2) is 12.7 Å². The number of nitrogens with zero attached hydrogens (tertiary/aromatic N) is 2. The number of hydrogen-bond acceptors (Lipinski definition) is 5. The van der Waals surface area contributed by atoms with Gasteiger partial charge in [0.05, 0.1) is 18.6 Å². The molecule has 0 aliphatic carbocycles. The Hall–Kier alpha value is -1.89. The monoisotopic (exact) mass is 351 g/mol. The number of carbonyl (C=O) groups is 3. The Kier molecular flexibility index (Phi) is 5.87. The number of hydrogen-bond donors (Lipinski definition) is 0. The van der Waals surface area contributed by atoms with Crippen LogP contribution in [0, 0.1) is 17.3 Å². The van der Waals surface area contributed by atoms with Gasteiger partial charge in [-0.25, -0.2) is 0 Å². The molecule has 0 aromatic carbocycles. The minimum Gasteiger partial charge on any atom is -0.550 e. The second-order valence-corrected chi connectivity index (χ2v) is 7.93. The average Bonchev–Trinajstić information content (AvgIpc) is 2.97. The zero-order chi connectivity index (χ0) is 18.8. The number of ether oxygens (including phenoxy) is 1. The molecule has 0 N–H and O–H groups in total. The van der Waals surface area contributed by atoms with E-state index in [4.69, 9.17) is 4.74 Å². The van der Waals surface area contributed by atoms with Crippen LogP contribution in [0.1, 0.15) is 27.2 Å². The smallest absolute Gasteiger partial charge is 0.228 e. The predicted molar refractivity (Wildman–Crippen MR) is 89.2 cm³/mol. The molecule has 2 heterocycles. The zero-order valence-electron chi connectivity index (χ0n) is 15.2. The van der Waals surface area contributed by atoms with E-state index >= 15 is 0 Å². The lowest BCUT2D eigenvalue weighted by Gasteiger charge is -2.37. The van der Waals surface area contributed by atoms with E-state index < -0.39 is 23.9 Å². The third-order valence-corrected chi connectivity index (χ3v) is 4.70. The highest BCUT2D eigenvalue weighted by Gasteiger charge is 2.43. The molecule has 0 aromatic heterocycles. The van der Waals surface area contributed by atoms with E-state index in [1.54, 1.807) is 9.80 Å². The second-order valence-electron chi connectivity index (χ2n) is 7.93. The van der Waals surface area contributed by atoms with Gasteiger partial charge < -0.3 is 24.4 Å². The van der Waals surface area contributed by atoms with Gasteiger partial charge in [0, 0.05) is 44.5 Å². The third kappa shape index (κ3) is 4.60. The van der Waals surface area contributed by atoms with Crippen LogP contribution >= 0.6 is 0 Å². The van der Waals surface area contributed by atoms with Gasteiger partial charge in [0.2, 0.25) is 11.8 Å². The summed E-state index contributed by atoms with van der Waals surface area (Å²) in [6.07, 6.45) is 1.16. The van der Waals surface area contributed by atoms with Gasteiger partial charge in [-0.05, 0) is 5.41 Å². The van der Waals surface area contributed by atoms with Crippen LogP contribution in [0.5, 0.6) is 0 Å². The van der Waals surface area contributed by atoms with Crippen LogP contribution in [0.25, 0.3) is 0 Å². The fourth-order valence-corrected chi connectivity index (χ4v) is 3.37. The van der Waals surface area contributed by atoms with Crippen LogP contribution in [0.2, 0.25) is 0 Å². The molecule has 140 valence electrons. The molecule has 0 aromatic rings. The fourth-order valence-electron chi connectivity index (χ4n) is 3.37. The van der Waals surface area contributed by atoms with Gasteiger partial charge in [-0.15, -0.1) is 6.58 Å². The lowest BCUT2D eigenvalue weighted by molar-refractivity contribution is -0.313. The third-order valence-electron chi connectivity index (χ3n) is 4.70. The Morgan fingerprint density at radius 1 is 1.16 bits per heavy atom. The van der Waals surface area contributed by atoms with Gasteiger partial charge in [-0.3, -0.25) is 9.59 Å². The maximum atomic E-state index is 12.7. The summed E-state index contributed by atoms with van der Waals surface area (Å²) in [6, 6.07) is 0. The Morgan fingerprint density at radius 3 is 2.20 bits per heavy atom. The SMILES string of the molecule is C=C[C@H]1OCC(C(=O)N2CCN(C(=O)CC(C)(C)C)CC2)C1C(=O)[O-]. The van der Waals surface area contributed by atoms with Gasteiger partial charge in [-0.2, -0.15) is 0 Å². The number of rotatable bonds is 4. The summed E-state index contributed by atoms with van der Waals surface area (Å²) in [7, 11) is 0. The maximum Gasteiger partial charge on any atom is 0.228 e. The van der Waals surface area contributed by atoms with Crippen molar-refractivity contribution < 1.29 is 24.2 Å². The normalized spacial score (nSPS) is 27.2. The number of carbonyl (C=O) groups excluding carboxylic acids is 3. The molecule has 2 rings (SSSR count). The van der Waals surface area contributed by atoms with E-state index in [1.807, 2.05) is 20.8 Å². The number of carboxylic acids is 1. The minimum absolute atomic E-state index is 0.0529. The second kappa shape index (κ2) is 7.56. The highest BCUT2D eigenvalue weighted by Crippen LogP contribution is 2.29. The Labute approximate surface area is 148 Å². The van der Waals surface area contributed by atoms with E-state index in [1.165, 1.54) is 6.08 Å². The first kappa shape index (κ1) is 19.4. The first-order valence-electron chi connectivity index (χ1n) is 8.65. The largest absolute Gasteiger partial charge is 0.550 e. The summed E-state index contributed by atoms with van der Waals surface area (Å²) in [4.78, 5) is 39.7. The maximum absolute atomic E-state index is 12.7. The van der Waals surface area contributed by atoms with Crippen LogP contribution < -0.4 is 5.11 Å². The summed E-state index contributed by atoms with van der Waals surface area (Å²) >= 11 is 0. The molecule has 0 bridgehead atoms. The molecule has 0 spiro atoms. The van der Waals surface area contributed by atoms with Gasteiger partial charge in [-0.1, -0.05) is 26.8 Å². The highest BCUT2D eigenvalue weighted by molar-refractivity contribution is 5.86. The van der Waals surface area contributed by atoms with Crippen molar-refractivity contribution in [2.45, 2.75) is 33.3 Å². The standard InChI is InChI=1S/C18H28N2O5/c1-5-13-15(17(23)24)12(11-25-13)16(22)20-8-6-19(7-9-20)14(21)10-18(2,3)4/h5,12-13,15H,1,6-11H2,2-4H3,(H,23,24)/p-1/t12?,13-,15?/m1/s1. The Morgan fingerprint density at radius 2 is 1.72 bits per heavy atom. The van der Waals surface area contributed by atoms with Crippen LogP contribution in [0.4, 0.5) is 0 Å². The van der Waals surface area contributed by atoms with Gasteiger partial charge in [0.1, 0.15) is 0 Å². The summed E-state index contributed by atoms with van der Waals surface area (Å²) in [5.41, 5.74) is -0.0768. The molecular formula is C18H27N2O5-. The molecule has 7 heteroatoms. The molecule has 7 nitrogen and oxygen atoms in total. The molecule has 3 atom stereocenters. The van der Waals surface area contributed by atoms with Crippen molar-refractivity contribution in [2.75, 3.05) is 32.8 Å². The predicted octanol–water partition coefficient (Wildman–Crippen LogP) is -0.339. The van der Waals surface area contributed by atoms with Gasteiger partial charge in [0.15, 0.2) is 0 Å². The highest BCUT2D eigenvalue weighted by atomic mass is 16.5. The lowest BCUT2D eigenvalue weighted by Crippen LogP contribution is -2.54. The number of piperazine rings is 1. The van der Waals surface area contributed by atoms with E-state index in [0.29, 0.717) is 32.6 Å². The molecule has 0 radical (unpaired) electrons. The van der Waals surface area contributed by atoms with E-state index in [-0.39, 0.29) is 23.8 Å². The quantitative estimate of drug-likeness (QED) is 0.647. The zero-order valence-corrected chi connectivity index (χ0v) is 15.2. The molecule has 2 saturated heterocycles. The van der Waals surface area contributed by atoms with E-state index in [9.17, 15) is 19.5 Å². The lowest BCUT2D eigenvalue weighted by atomic mass is 9.89. The minimum atomic E-state index is -1.29. The van der Waals surface area contributed by atoms with Crippen molar-refractivity contribution in [1.82, 2.24) is 9.80 Å². The molecule has 2 aliphatic heterocycles. The van der Waals surface area contributed by atoms with Gasteiger partial charge >= 0.3 is 0 Å². The van der Waals surface area contributed by atoms with E-state index in [0.717, 1.165) is 0 Å². The molecule has 2 amide bonds. The summed E-state index contributed by atoms with van der Waals surface area (Å²) in [5, 5.41) is 11.4. The first-order valence-corrected chi connectivity index (χ1v) is 8.65. The molecule has 2 unspecified atom stereocenters.